The fourth-order valence-electron chi connectivity index (χ4n) is 3.82. The Kier molecular flexibility index (Phi) is 6.49. The smallest absolute Gasteiger partial charge is 0.220 e. The standard InChI is InChI=1S/C17H33N3O/c1-20(2)17(10-5-3-4-6-11-17)14-19-16(21)8-7-15-9-12-18-13-15/h15,18H,3-14H2,1-2H3,(H,19,21). The molecular weight excluding hydrogens is 262 g/mol. The highest BCUT2D eigenvalue weighted by Crippen LogP contribution is 2.30. The summed E-state index contributed by atoms with van der Waals surface area (Å²) in [4.78, 5) is 14.5. The maximum absolute atomic E-state index is 12.1. The molecule has 1 unspecified atom stereocenters. The number of carbonyl (C=O) groups excluding carboxylic acids is 1. The molecular formula is C17H33N3O. The largest absolute Gasteiger partial charge is 0.354 e. The first-order chi connectivity index (χ1) is 10.1. The number of amides is 1. The summed E-state index contributed by atoms with van der Waals surface area (Å²) in [5.41, 5.74) is 0.182. The molecule has 2 aliphatic rings. The highest BCUT2D eigenvalue weighted by atomic mass is 16.1. The Morgan fingerprint density at radius 3 is 2.52 bits per heavy atom. The minimum atomic E-state index is 0.182. The molecule has 1 saturated heterocycles. The molecule has 0 aromatic carbocycles. The number of rotatable bonds is 6. The van der Waals surface area contributed by atoms with Crippen molar-refractivity contribution in [2.75, 3.05) is 33.7 Å². The Bertz CT molecular complexity index is 316. The van der Waals surface area contributed by atoms with E-state index in [1.807, 2.05) is 0 Å². The van der Waals surface area contributed by atoms with Gasteiger partial charge in [0.1, 0.15) is 0 Å². The summed E-state index contributed by atoms with van der Waals surface area (Å²) in [6, 6.07) is 0. The molecule has 21 heavy (non-hydrogen) atoms. The molecule has 2 fully saturated rings. The van der Waals surface area contributed by atoms with Crippen LogP contribution in [0.5, 0.6) is 0 Å². The minimum Gasteiger partial charge on any atom is -0.354 e. The van der Waals surface area contributed by atoms with Crippen LogP contribution in [-0.2, 0) is 4.79 Å². The van der Waals surface area contributed by atoms with E-state index in [9.17, 15) is 4.79 Å². The van der Waals surface area contributed by atoms with Crippen LogP contribution in [0, 0.1) is 5.92 Å². The SMILES string of the molecule is CN(C)C1(CNC(=O)CCC2CCNC2)CCCCCC1. The van der Waals surface area contributed by atoms with E-state index in [0.717, 1.165) is 26.1 Å². The third kappa shape index (κ3) is 4.96. The summed E-state index contributed by atoms with van der Waals surface area (Å²) in [6.07, 6.45) is 10.7. The van der Waals surface area contributed by atoms with Gasteiger partial charge in [-0.15, -0.1) is 0 Å². The van der Waals surface area contributed by atoms with Crippen LogP contribution in [0.2, 0.25) is 0 Å². The van der Waals surface area contributed by atoms with Crippen LogP contribution in [0.1, 0.15) is 57.8 Å². The normalized spacial score (nSPS) is 25.8. The summed E-state index contributed by atoms with van der Waals surface area (Å²) in [6.45, 7) is 3.03. The number of carbonyl (C=O) groups is 1. The Hall–Kier alpha value is -0.610. The lowest BCUT2D eigenvalue weighted by Crippen LogP contribution is -2.52. The molecule has 0 aromatic heterocycles. The van der Waals surface area contributed by atoms with E-state index in [0.29, 0.717) is 12.3 Å². The van der Waals surface area contributed by atoms with Crippen LogP contribution in [0.4, 0.5) is 0 Å². The Labute approximate surface area is 130 Å². The predicted molar refractivity (Wildman–Crippen MR) is 87.3 cm³/mol. The second kappa shape index (κ2) is 8.14. The van der Waals surface area contributed by atoms with Crippen molar-refractivity contribution < 1.29 is 4.79 Å². The summed E-state index contributed by atoms with van der Waals surface area (Å²) in [5.74, 6) is 0.948. The van der Waals surface area contributed by atoms with Gasteiger partial charge in [-0.1, -0.05) is 25.7 Å². The van der Waals surface area contributed by atoms with E-state index < -0.39 is 0 Å². The molecule has 0 bridgehead atoms. The maximum Gasteiger partial charge on any atom is 0.220 e. The molecule has 1 aliphatic heterocycles. The van der Waals surface area contributed by atoms with Gasteiger partial charge in [0.25, 0.3) is 0 Å². The van der Waals surface area contributed by atoms with Crippen LogP contribution < -0.4 is 10.6 Å². The monoisotopic (exact) mass is 295 g/mol. The number of hydrogen-bond acceptors (Lipinski definition) is 3. The molecule has 2 N–H and O–H groups in total. The fraction of sp³-hybridized carbons (Fsp3) is 0.941. The minimum absolute atomic E-state index is 0.182. The highest BCUT2D eigenvalue weighted by Gasteiger charge is 2.33. The van der Waals surface area contributed by atoms with Crippen molar-refractivity contribution in [2.45, 2.75) is 63.3 Å². The van der Waals surface area contributed by atoms with Crippen molar-refractivity contribution in [1.82, 2.24) is 15.5 Å². The average Bonchev–Trinajstić information content (AvgIpc) is 2.87. The molecule has 0 radical (unpaired) electrons. The molecule has 4 heteroatoms. The van der Waals surface area contributed by atoms with Gasteiger partial charge in [-0.05, 0) is 58.8 Å². The third-order valence-corrected chi connectivity index (χ3v) is 5.54. The van der Waals surface area contributed by atoms with Gasteiger partial charge in [0.2, 0.25) is 5.91 Å². The van der Waals surface area contributed by atoms with Gasteiger partial charge in [0.15, 0.2) is 0 Å². The molecule has 1 aliphatic carbocycles. The van der Waals surface area contributed by atoms with Crippen molar-refractivity contribution in [3.05, 3.63) is 0 Å². The third-order valence-electron chi connectivity index (χ3n) is 5.54. The van der Waals surface area contributed by atoms with Crippen molar-refractivity contribution >= 4 is 5.91 Å². The van der Waals surface area contributed by atoms with Crippen LogP contribution in [0.25, 0.3) is 0 Å². The first-order valence-corrected chi connectivity index (χ1v) is 8.77. The van der Waals surface area contributed by atoms with Crippen molar-refractivity contribution in [1.29, 1.82) is 0 Å². The molecule has 1 amide bonds. The van der Waals surface area contributed by atoms with Crippen LogP contribution in [-0.4, -0.2) is 50.1 Å². The second-order valence-electron chi connectivity index (χ2n) is 7.21. The molecule has 1 atom stereocenters. The van der Waals surface area contributed by atoms with Gasteiger partial charge in [-0.2, -0.15) is 0 Å². The zero-order valence-electron chi connectivity index (χ0n) is 13.9. The number of nitrogens with zero attached hydrogens (tertiary/aromatic N) is 1. The fourth-order valence-corrected chi connectivity index (χ4v) is 3.82. The van der Waals surface area contributed by atoms with E-state index in [1.54, 1.807) is 0 Å². The second-order valence-corrected chi connectivity index (χ2v) is 7.21. The van der Waals surface area contributed by atoms with Gasteiger partial charge >= 0.3 is 0 Å². The van der Waals surface area contributed by atoms with Gasteiger partial charge in [-0.3, -0.25) is 4.79 Å². The topological polar surface area (TPSA) is 44.4 Å². The van der Waals surface area contributed by atoms with Gasteiger partial charge in [0, 0.05) is 18.5 Å². The maximum atomic E-state index is 12.1. The average molecular weight is 295 g/mol. The summed E-state index contributed by atoms with van der Waals surface area (Å²) < 4.78 is 0. The zero-order chi connectivity index (χ0) is 15.1. The lowest BCUT2D eigenvalue weighted by atomic mass is 9.88. The van der Waals surface area contributed by atoms with E-state index in [-0.39, 0.29) is 11.4 Å². The molecule has 2 rings (SSSR count). The van der Waals surface area contributed by atoms with E-state index in [1.165, 1.54) is 44.9 Å². The number of likely N-dealkylation sites (N-methyl/N-ethyl adjacent to an activating group) is 1. The molecule has 1 saturated carbocycles. The first kappa shape index (κ1) is 16.8. The number of hydrogen-bond donors (Lipinski definition) is 2. The molecule has 4 nitrogen and oxygen atoms in total. The van der Waals surface area contributed by atoms with Gasteiger partial charge in [-0.25, -0.2) is 0 Å². The van der Waals surface area contributed by atoms with Crippen molar-refractivity contribution in [3.8, 4) is 0 Å². The summed E-state index contributed by atoms with van der Waals surface area (Å²) in [5, 5.41) is 6.59. The highest BCUT2D eigenvalue weighted by molar-refractivity contribution is 5.75. The van der Waals surface area contributed by atoms with Crippen LogP contribution in [0.3, 0.4) is 0 Å². The number of nitrogens with one attached hydrogen (secondary N) is 2. The molecule has 0 spiro atoms. The first-order valence-electron chi connectivity index (χ1n) is 8.77. The van der Waals surface area contributed by atoms with Crippen LogP contribution in [0.15, 0.2) is 0 Å². The van der Waals surface area contributed by atoms with Gasteiger partial charge in [0.05, 0.1) is 0 Å². The van der Waals surface area contributed by atoms with E-state index in [2.05, 4.69) is 29.6 Å². The Morgan fingerprint density at radius 2 is 1.95 bits per heavy atom. The summed E-state index contributed by atoms with van der Waals surface area (Å²) in [7, 11) is 4.34. The van der Waals surface area contributed by atoms with Gasteiger partial charge < -0.3 is 15.5 Å². The quantitative estimate of drug-likeness (QED) is 0.738. The van der Waals surface area contributed by atoms with E-state index in [4.69, 9.17) is 0 Å². The lowest BCUT2D eigenvalue weighted by Gasteiger charge is -2.39. The lowest BCUT2D eigenvalue weighted by molar-refractivity contribution is -0.122. The molecule has 122 valence electrons. The summed E-state index contributed by atoms with van der Waals surface area (Å²) >= 11 is 0. The molecule has 0 aromatic rings. The zero-order valence-corrected chi connectivity index (χ0v) is 13.9. The predicted octanol–water partition coefficient (Wildman–Crippen LogP) is 2.15. The van der Waals surface area contributed by atoms with Crippen molar-refractivity contribution in [3.63, 3.8) is 0 Å². The van der Waals surface area contributed by atoms with Crippen LogP contribution >= 0.6 is 0 Å². The van der Waals surface area contributed by atoms with E-state index >= 15 is 0 Å². The molecule has 1 heterocycles. The Balaban J connectivity index is 1.76. The van der Waals surface area contributed by atoms with Crippen molar-refractivity contribution in [2.24, 2.45) is 5.92 Å². The Morgan fingerprint density at radius 1 is 1.24 bits per heavy atom.